The number of likely N-dealkylation sites (N-methyl/N-ethyl adjacent to an activating group) is 1. The van der Waals surface area contributed by atoms with Gasteiger partial charge in [0.05, 0.1) is 23.9 Å². The fourth-order valence-corrected chi connectivity index (χ4v) is 2.40. The minimum Gasteiger partial charge on any atom is -0.378 e. The van der Waals surface area contributed by atoms with Crippen molar-refractivity contribution in [2.75, 3.05) is 26.7 Å². The SMILES string of the molecule is CN(CC[C@H]1CCCCO1)CCn1cc(Cl)cn1. The van der Waals surface area contributed by atoms with Crippen LogP contribution in [-0.2, 0) is 11.3 Å². The maximum atomic E-state index is 5.82. The average Bonchev–Trinajstić information content (AvgIpc) is 2.81. The summed E-state index contributed by atoms with van der Waals surface area (Å²) in [4.78, 5) is 2.33. The third kappa shape index (κ3) is 4.59. The molecule has 0 aliphatic carbocycles. The van der Waals surface area contributed by atoms with Gasteiger partial charge in [-0.05, 0) is 32.7 Å². The molecule has 2 rings (SSSR count). The van der Waals surface area contributed by atoms with Crippen LogP contribution in [0.25, 0.3) is 0 Å². The summed E-state index contributed by atoms with van der Waals surface area (Å²) >= 11 is 5.82. The van der Waals surface area contributed by atoms with Crippen LogP contribution in [0.15, 0.2) is 12.4 Å². The van der Waals surface area contributed by atoms with E-state index < -0.39 is 0 Å². The Balaban J connectivity index is 1.61. The molecule has 102 valence electrons. The van der Waals surface area contributed by atoms with Crippen molar-refractivity contribution in [1.29, 1.82) is 0 Å². The minimum atomic E-state index is 0.473. The van der Waals surface area contributed by atoms with E-state index in [1.54, 1.807) is 6.20 Å². The zero-order valence-corrected chi connectivity index (χ0v) is 11.8. The van der Waals surface area contributed by atoms with Crippen molar-refractivity contribution < 1.29 is 4.74 Å². The van der Waals surface area contributed by atoms with Crippen LogP contribution in [0, 0.1) is 0 Å². The van der Waals surface area contributed by atoms with E-state index in [1.165, 1.54) is 19.3 Å². The van der Waals surface area contributed by atoms with E-state index in [2.05, 4.69) is 17.0 Å². The fraction of sp³-hybridized carbons (Fsp3) is 0.769. The van der Waals surface area contributed by atoms with Crippen molar-refractivity contribution >= 4 is 11.6 Å². The molecule has 1 saturated heterocycles. The van der Waals surface area contributed by atoms with Crippen molar-refractivity contribution in [2.24, 2.45) is 0 Å². The second-order valence-electron chi connectivity index (χ2n) is 5.00. The Labute approximate surface area is 114 Å². The van der Waals surface area contributed by atoms with Gasteiger partial charge in [-0.15, -0.1) is 0 Å². The van der Waals surface area contributed by atoms with Gasteiger partial charge in [-0.2, -0.15) is 5.10 Å². The highest BCUT2D eigenvalue weighted by Gasteiger charge is 2.14. The van der Waals surface area contributed by atoms with Crippen LogP contribution >= 0.6 is 11.6 Å². The second-order valence-corrected chi connectivity index (χ2v) is 5.44. The lowest BCUT2D eigenvalue weighted by atomic mass is 10.1. The van der Waals surface area contributed by atoms with Crippen LogP contribution in [0.1, 0.15) is 25.7 Å². The summed E-state index contributed by atoms with van der Waals surface area (Å²) in [6.45, 7) is 3.90. The fourth-order valence-electron chi connectivity index (χ4n) is 2.25. The molecule has 0 bridgehead atoms. The Morgan fingerprint density at radius 1 is 1.50 bits per heavy atom. The van der Waals surface area contributed by atoms with Gasteiger partial charge >= 0.3 is 0 Å². The number of halogens is 1. The Hall–Kier alpha value is -0.580. The minimum absolute atomic E-state index is 0.473. The lowest BCUT2D eigenvalue weighted by Crippen LogP contribution is -2.29. The van der Waals surface area contributed by atoms with E-state index in [0.717, 1.165) is 32.7 Å². The zero-order valence-electron chi connectivity index (χ0n) is 11.0. The molecule has 0 aromatic carbocycles. The van der Waals surface area contributed by atoms with Crippen molar-refractivity contribution in [2.45, 2.75) is 38.3 Å². The molecule has 0 spiro atoms. The van der Waals surface area contributed by atoms with Crippen LogP contribution in [0.4, 0.5) is 0 Å². The molecule has 4 nitrogen and oxygen atoms in total. The van der Waals surface area contributed by atoms with Crippen molar-refractivity contribution in [3.8, 4) is 0 Å². The molecule has 1 aliphatic heterocycles. The van der Waals surface area contributed by atoms with Crippen molar-refractivity contribution in [3.63, 3.8) is 0 Å². The van der Waals surface area contributed by atoms with Crippen LogP contribution in [0.2, 0.25) is 5.02 Å². The third-order valence-electron chi connectivity index (χ3n) is 3.42. The molecule has 0 N–H and O–H groups in total. The highest BCUT2D eigenvalue weighted by molar-refractivity contribution is 6.30. The van der Waals surface area contributed by atoms with Gasteiger partial charge in [0.2, 0.25) is 0 Å². The van der Waals surface area contributed by atoms with Gasteiger partial charge in [0, 0.05) is 25.9 Å². The van der Waals surface area contributed by atoms with Gasteiger partial charge in [0.15, 0.2) is 0 Å². The molecule has 1 aliphatic rings. The number of hydrogen-bond acceptors (Lipinski definition) is 3. The largest absolute Gasteiger partial charge is 0.378 e. The molecule has 1 aromatic heterocycles. The highest BCUT2D eigenvalue weighted by atomic mass is 35.5. The summed E-state index contributed by atoms with van der Waals surface area (Å²) in [5.74, 6) is 0. The van der Waals surface area contributed by atoms with E-state index in [-0.39, 0.29) is 0 Å². The second kappa shape index (κ2) is 7.12. The number of hydrogen-bond donors (Lipinski definition) is 0. The van der Waals surface area contributed by atoms with Gasteiger partial charge in [0.1, 0.15) is 0 Å². The predicted octanol–water partition coefficient (Wildman–Crippen LogP) is 2.43. The smallest absolute Gasteiger partial charge is 0.0785 e. The summed E-state index contributed by atoms with van der Waals surface area (Å²) < 4.78 is 7.62. The van der Waals surface area contributed by atoms with Crippen molar-refractivity contribution in [1.82, 2.24) is 14.7 Å². The van der Waals surface area contributed by atoms with Crippen LogP contribution in [0.5, 0.6) is 0 Å². The number of nitrogens with zero attached hydrogens (tertiary/aromatic N) is 3. The van der Waals surface area contributed by atoms with Crippen LogP contribution in [-0.4, -0.2) is 47.5 Å². The first-order chi connectivity index (χ1) is 8.74. The molecule has 1 atom stereocenters. The third-order valence-corrected chi connectivity index (χ3v) is 3.61. The molecule has 0 radical (unpaired) electrons. The normalized spacial score (nSPS) is 20.5. The summed E-state index contributed by atoms with van der Waals surface area (Å²) in [5.41, 5.74) is 0. The van der Waals surface area contributed by atoms with E-state index in [9.17, 15) is 0 Å². The summed E-state index contributed by atoms with van der Waals surface area (Å²) in [5, 5.41) is 4.87. The molecule has 1 fully saturated rings. The van der Waals surface area contributed by atoms with E-state index in [0.29, 0.717) is 11.1 Å². The average molecular weight is 272 g/mol. The van der Waals surface area contributed by atoms with Crippen molar-refractivity contribution in [3.05, 3.63) is 17.4 Å². The van der Waals surface area contributed by atoms with Crippen LogP contribution in [0.3, 0.4) is 0 Å². The number of aromatic nitrogens is 2. The van der Waals surface area contributed by atoms with Crippen LogP contribution < -0.4 is 0 Å². The molecular weight excluding hydrogens is 250 g/mol. The first-order valence-electron chi connectivity index (χ1n) is 6.72. The van der Waals surface area contributed by atoms with E-state index in [1.807, 2.05) is 10.9 Å². The molecule has 1 aromatic rings. The van der Waals surface area contributed by atoms with E-state index in [4.69, 9.17) is 16.3 Å². The molecule has 0 saturated carbocycles. The quantitative estimate of drug-likeness (QED) is 0.796. The monoisotopic (exact) mass is 271 g/mol. The van der Waals surface area contributed by atoms with Gasteiger partial charge in [-0.3, -0.25) is 4.68 Å². The zero-order chi connectivity index (χ0) is 12.8. The Kier molecular flexibility index (Phi) is 5.47. The summed E-state index contributed by atoms with van der Waals surface area (Å²) in [6.07, 6.45) is 8.92. The molecule has 5 heteroatoms. The molecule has 0 unspecified atom stereocenters. The number of rotatable bonds is 6. The van der Waals surface area contributed by atoms with E-state index >= 15 is 0 Å². The maximum Gasteiger partial charge on any atom is 0.0785 e. The Morgan fingerprint density at radius 3 is 3.06 bits per heavy atom. The Morgan fingerprint density at radius 2 is 2.39 bits per heavy atom. The first-order valence-corrected chi connectivity index (χ1v) is 7.10. The molecule has 2 heterocycles. The summed E-state index contributed by atoms with van der Waals surface area (Å²) in [6, 6.07) is 0. The topological polar surface area (TPSA) is 30.3 Å². The summed E-state index contributed by atoms with van der Waals surface area (Å²) in [7, 11) is 2.15. The molecule has 18 heavy (non-hydrogen) atoms. The maximum absolute atomic E-state index is 5.82. The predicted molar refractivity (Wildman–Crippen MR) is 72.9 cm³/mol. The molecular formula is C13H22ClN3O. The van der Waals surface area contributed by atoms with Gasteiger partial charge in [-0.25, -0.2) is 0 Å². The standard InChI is InChI=1S/C13H22ClN3O/c1-16(6-5-13-4-2-3-9-18-13)7-8-17-11-12(14)10-15-17/h10-11,13H,2-9H2,1H3/t13-/m1/s1. The first kappa shape index (κ1) is 13.8. The van der Waals surface area contributed by atoms with Gasteiger partial charge < -0.3 is 9.64 Å². The molecule has 0 amide bonds. The lowest BCUT2D eigenvalue weighted by Gasteiger charge is -2.25. The number of ether oxygens (including phenoxy) is 1. The lowest BCUT2D eigenvalue weighted by molar-refractivity contribution is 0.00660. The van der Waals surface area contributed by atoms with Gasteiger partial charge in [0.25, 0.3) is 0 Å². The highest BCUT2D eigenvalue weighted by Crippen LogP contribution is 2.15. The Bertz CT molecular complexity index is 350. The van der Waals surface area contributed by atoms with Gasteiger partial charge in [-0.1, -0.05) is 11.6 Å².